The van der Waals surface area contributed by atoms with Crippen LogP contribution in [0.4, 0.5) is 10.4 Å². The second kappa shape index (κ2) is 7.72. The maximum Gasteiger partial charge on any atom is 0.322 e. The molecule has 1 N–H and O–H groups in total. The number of hydrogen-bond acceptors (Lipinski definition) is 8. The molecule has 0 spiro atoms. The van der Waals surface area contributed by atoms with Gasteiger partial charge in [0.2, 0.25) is 11.8 Å². The quantitative estimate of drug-likeness (QED) is 0.573. The summed E-state index contributed by atoms with van der Waals surface area (Å²) < 4.78 is 65.8. The van der Waals surface area contributed by atoms with Gasteiger partial charge in [-0.15, -0.1) is 5.10 Å². The average molecular weight is 439 g/mol. The van der Waals surface area contributed by atoms with E-state index in [-0.39, 0.29) is 21.7 Å². The summed E-state index contributed by atoms with van der Waals surface area (Å²) in [5.41, 5.74) is 0.305. The van der Waals surface area contributed by atoms with Crippen molar-refractivity contribution in [3.8, 4) is 11.5 Å². The lowest BCUT2D eigenvalue weighted by Crippen LogP contribution is -2.23. The Bertz CT molecular complexity index is 1270. The Morgan fingerprint density at radius 2 is 1.72 bits per heavy atom. The lowest BCUT2D eigenvalue weighted by Gasteiger charge is -2.04. The number of rotatable bonds is 6. The van der Waals surface area contributed by atoms with Gasteiger partial charge in [0.15, 0.2) is 19.7 Å². The van der Waals surface area contributed by atoms with Gasteiger partial charge in [0.05, 0.1) is 9.79 Å². The van der Waals surface area contributed by atoms with Crippen molar-refractivity contribution in [1.29, 1.82) is 0 Å². The number of sulfone groups is 2. The first-order valence-electron chi connectivity index (χ1n) is 7.97. The van der Waals surface area contributed by atoms with Crippen molar-refractivity contribution in [2.45, 2.75) is 9.79 Å². The van der Waals surface area contributed by atoms with Gasteiger partial charge in [0, 0.05) is 11.8 Å². The Hall–Kier alpha value is -3.12. The summed E-state index contributed by atoms with van der Waals surface area (Å²) >= 11 is 0. The van der Waals surface area contributed by atoms with E-state index in [1.165, 1.54) is 24.3 Å². The molecule has 0 saturated carbocycles. The summed E-state index contributed by atoms with van der Waals surface area (Å²) in [5, 5.41) is 9.47. The van der Waals surface area contributed by atoms with Crippen LogP contribution in [0.25, 0.3) is 11.5 Å². The SMILES string of the molecule is CS(=O)(=O)c1cccc(-c2nnc(NC(=O)CS(=O)(=O)c3ccc(F)cc3)o2)c1. The molecular formula is C17H14FN3O6S2. The van der Waals surface area contributed by atoms with Gasteiger partial charge in [-0.25, -0.2) is 21.2 Å². The molecule has 0 aliphatic carbocycles. The molecule has 1 aromatic heterocycles. The van der Waals surface area contributed by atoms with Crippen LogP contribution in [0.15, 0.2) is 62.7 Å². The zero-order valence-electron chi connectivity index (χ0n) is 14.9. The Kier molecular flexibility index (Phi) is 5.48. The van der Waals surface area contributed by atoms with E-state index in [9.17, 15) is 26.0 Å². The van der Waals surface area contributed by atoms with E-state index < -0.39 is 37.2 Å². The molecule has 12 heteroatoms. The highest BCUT2D eigenvalue weighted by Crippen LogP contribution is 2.23. The van der Waals surface area contributed by atoms with Crippen LogP contribution in [-0.2, 0) is 24.5 Å². The molecule has 29 heavy (non-hydrogen) atoms. The molecule has 0 aliphatic heterocycles. The van der Waals surface area contributed by atoms with E-state index in [1.54, 1.807) is 0 Å². The largest absolute Gasteiger partial charge is 0.403 e. The molecule has 0 radical (unpaired) electrons. The molecule has 0 aliphatic rings. The predicted octanol–water partition coefficient (Wildman–Crippen LogP) is 1.69. The van der Waals surface area contributed by atoms with Crippen LogP contribution in [0.5, 0.6) is 0 Å². The van der Waals surface area contributed by atoms with Crippen LogP contribution in [-0.4, -0.2) is 44.9 Å². The molecule has 3 aromatic rings. The van der Waals surface area contributed by atoms with Gasteiger partial charge in [-0.2, -0.15) is 0 Å². The topological polar surface area (TPSA) is 136 Å². The highest BCUT2D eigenvalue weighted by molar-refractivity contribution is 7.92. The summed E-state index contributed by atoms with van der Waals surface area (Å²) in [5.74, 6) is -2.52. The number of carbonyl (C=O) groups is 1. The highest BCUT2D eigenvalue weighted by Gasteiger charge is 2.21. The normalized spacial score (nSPS) is 11.9. The van der Waals surface area contributed by atoms with Crippen molar-refractivity contribution in [2.24, 2.45) is 0 Å². The third kappa shape index (κ3) is 5.03. The van der Waals surface area contributed by atoms with E-state index >= 15 is 0 Å². The Balaban J connectivity index is 1.73. The number of nitrogens with zero attached hydrogens (tertiary/aromatic N) is 2. The Labute approximate surface area is 165 Å². The zero-order valence-corrected chi connectivity index (χ0v) is 16.5. The van der Waals surface area contributed by atoms with Gasteiger partial charge in [-0.1, -0.05) is 11.2 Å². The second-order valence-electron chi connectivity index (χ2n) is 5.97. The van der Waals surface area contributed by atoms with E-state index in [1.807, 2.05) is 0 Å². The van der Waals surface area contributed by atoms with Crippen LogP contribution < -0.4 is 5.32 Å². The van der Waals surface area contributed by atoms with Crippen LogP contribution in [0.2, 0.25) is 0 Å². The van der Waals surface area contributed by atoms with Crippen molar-refractivity contribution in [3.63, 3.8) is 0 Å². The molecule has 0 unspecified atom stereocenters. The van der Waals surface area contributed by atoms with Gasteiger partial charge < -0.3 is 4.42 Å². The number of amides is 1. The van der Waals surface area contributed by atoms with Gasteiger partial charge in [-0.3, -0.25) is 10.1 Å². The predicted molar refractivity (Wildman–Crippen MR) is 99.9 cm³/mol. The third-order valence-corrected chi connectivity index (χ3v) is 6.42. The summed E-state index contributed by atoms with van der Waals surface area (Å²) in [7, 11) is -7.44. The zero-order chi connectivity index (χ0) is 21.2. The van der Waals surface area contributed by atoms with E-state index in [0.29, 0.717) is 5.56 Å². The second-order valence-corrected chi connectivity index (χ2v) is 9.98. The minimum absolute atomic E-state index is 0.0455. The van der Waals surface area contributed by atoms with Crippen LogP contribution in [0.1, 0.15) is 0 Å². The van der Waals surface area contributed by atoms with Gasteiger partial charge in [0.1, 0.15) is 11.6 Å². The lowest BCUT2D eigenvalue weighted by atomic mass is 10.2. The smallest absolute Gasteiger partial charge is 0.322 e. The fraction of sp³-hybridized carbons (Fsp3) is 0.118. The summed E-state index contributed by atoms with van der Waals surface area (Å²) in [6.07, 6.45) is 1.05. The molecule has 0 bridgehead atoms. The molecule has 0 fully saturated rings. The van der Waals surface area contributed by atoms with Crippen LogP contribution in [0, 0.1) is 5.82 Å². The first-order valence-corrected chi connectivity index (χ1v) is 11.5. The highest BCUT2D eigenvalue weighted by atomic mass is 32.2. The summed E-state index contributed by atoms with van der Waals surface area (Å²) in [4.78, 5) is 11.9. The van der Waals surface area contributed by atoms with E-state index in [0.717, 1.165) is 30.5 Å². The Morgan fingerprint density at radius 1 is 1.03 bits per heavy atom. The molecule has 2 aromatic carbocycles. The number of nitrogens with one attached hydrogen (secondary N) is 1. The van der Waals surface area contributed by atoms with E-state index in [2.05, 4.69) is 15.5 Å². The standard InChI is InChI=1S/C17H14FN3O6S2/c1-28(23,24)14-4-2-3-11(9-14)16-20-21-17(27-16)19-15(22)10-29(25,26)13-7-5-12(18)6-8-13/h2-9H,10H2,1H3,(H,19,21,22). The number of aromatic nitrogens is 2. The van der Waals surface area contributed by atoms with E-state index in [4.69, 9.17) is 4.42 Å². The monoisotopic (exact) mass is 439 g/mol. The summed E-state index contributed by atoms with van der Waals surface area (Å²) in [6.45, 7) is 0. The lowest BCUT2D eigenvalue weighted by molar-refractivity contribution is -0.114. The third-order valence-electron chi connectivity index (χ3n) is 3.67. The molecule has 152 valence electrons. The molecule has 0 saturated heterocycles. The molecule has 1 heterocycles. The van der Waals surface area contributed by atoms with Gasteiger partial charge >= 0.3 is 6.01 Å². The van der Waals surface area contributed by atoms with Crippen LogP contribution >= 0.6 is 0 Å². The molecule has 9 nitrogen and oxygen atoms in total. The van der Waals surface area contributed by atoms with Crippen molar-refractivity contribution in [1.82, 2.24) is 10.2 Å². The first kappa shape index (κ1) is 20.6. The summed E-state index contributed by atoms with van der Waals surface area (Å²) in [6, 6.07) is 9.44. The molecule has 1 amide bonds. The molecular weight excluding hydrogens is 425 g/mol. The van der Waals surface area contributed by atoms with Crippen molar-refractivity contribution in [2.75, 3.05) is 17.3 Å². The minimum atomic E-state index is -4.00. The maximum absolute atomic E-state index is 12.9. The Morgan fingerprint density at radius 3 is 2.38 bits per heavy atom. The number of benzene rings is 2. The number of halogens is 1. The van der Waals surface area contributed by atoms with Crippen molar-refractivity contribution in [3.05, 3.63) is 54.3 Å². The number of hydrogen-bond donors (Lipinski definition) is 1. The van der Waals surface area contributed by atoms with Gasteiger partial charge in [0.25, 0.3) is 0 Å². The minimum Gasteiger partial charge on any atom is -0.403 e. The molecule has 3 rings (SSSR count). The number of carbonyl (C=O) groups excluding carboxylic acids is 1. The molecule has 0 atom stereocenters. The van der Waals surface area contributed by atoms with Gasteiger partial charge in [-0.05, 0) is 42.5 Å². The van der Waals surface area contributed by atoms with Crippen LogP contribution in [0.3, 0.4) is 0 Å². The maximum atomic E-state index is 12.9. The fourth-order valence-corrected chi connectivity index (χ4v) is 4.10. The first-order chi connectivity index (χ1) is 13.5. The van der Waals surface area contributed by atoms with Crippen molar-refractivity contribution >= 4 is 31.6 Å². The average Bonchev–Trinajstić information content (AvgIpc) is 3.09. The fourth-order valence-electron chi connectivity index (χ4n) is 2.30. The van der Waals surface area contributed by atoms with Crippen molar-refractivity contribution < 1.29 is 30.4 Å². The number of anilines is 1.